The summed E-state index contributed by atoms with van der Waals surface area (Å²) in [4.78, 5) is 31.7. The third kappa shape index (κ3) is 13.4. The van der Waals surface area contributed by atoms with E-state index < -0.39 is 20.0 Å². The monoisotopic (exact) mass is 695 g/mol. The minimum atomic E-state index is -4.24. The molecule has 0 aliphatic carbocycles. The van der Waals surface area contributed by atoms with E-state index in [0.29, 0.717) is 23.6 Å². The molecule has 40 heavy (non-hydrogen) atoms. The lowest BCUT2D eigenvalue weighted by Gasteiger charge is -2.15. The second kappa shape index (κ2) is 19.4. The van der Waals surface area contributed by atoms with E-state index in [1.165, 1.54) is 83.5 Å². The smallest absolute Gasteiger partial charge is 0.350 e. The SMILES string of the molecule is CCCCCCCCCCCCCCCCOC(CC)c1nc2c(N)nc(CC(C)OCP(=O)(O)O)nc2n1I. The van der Waals surface area contributed by atoms with Crippen molar-refractivity contribution in [3.63, 3.8) is 0 Å². The first-order chi connectivity index (χ1) is 19.2. The Morgan fingerprint density at radius 3 is 1.95 bits per heavy atom. The van der Waals surface area contributed by atoms with Gasteiger partial charge in [0, 0.05) is 13.0 Å². The van der Waals surface area contributed by atoms with Crippen molar-refractivity contribution in [2.75, 3.05) is 18.7 Å². The zero-order chi connectivity index (χ0) is 29.4. The van der Waals surface area contributed by atoms with Crippen LogP contribution in [-0.4, -0.2) is 46.6 Å². The Bertz CT molecular complexity index is 1030. The lowest BCUT2D eigenvalue weighted by molar-refractivity contribution is 0.0418. The van der Waals surface area contributed by atoms with Gasteiger partial charge in [-0.25, -0.2) is 17.7 Å². The average Bonchev–Trinajstić information content (AvgIpc) is 3.23. The van der Waals surface area contributed by atoms with Crippen LogP contribution in [0.15, 0.2) is 0 Å². The number of nitrogens with two attached hydrogens (primary N) is 1. The van der Waals surface area contributed by atoms with Crippen LogP contribution in [0.2, 0.25) is 0 Å². The van der Waals surface area contributed by atoms with E-state index in [4.69, 9.17) is 30.0 Å². The van der Waals surface area contributed by atoms with E-state index in [0.717, 1.165) is 18.7 Å². The summed E-state index contributed by atoms with van der Waals surface area (Å²) in [5, 5.41) is 0. The number of unbranched alkanes of at least 4 members (excludes halogenated alkanes) is 13. The first-order valence-corrected chi connectivity index (χ1v) is 17.9. The second-order valence-corrected chi connectivity index (χ2v) is 13.3. The van der Waals surface area contributed by atoms with Crippen molar-refractivity contribution in [3.05, 3.63) is 11.6 Å². The highest BCUT2D eigenvalue weighted by atomic mass is 127. The lowest BCUT2D eigenvalue weighted by Crippen LogP contribution is -2.15. The maximum absolute atomic E-state index is 11.1. The van der Waals surface area contributed by atoms with Crippen molar-refractivity contribution in [2.45, 2.75) is 136 Å². The second-order valence-electron chi connectivity index (χ2n) is 10.8. The quantitative estimate of drug-likeness (QED) is 0.0607. The Balaban J connectivity index is 1.72. The minimum absolute atomic E-state index is 0.165. The van der Waals surface area contributed by atoms with E-state index in [2.05, 4.69) is 46.7 Å². The number of fused-ring (bicyclic) bond motifs is 1. The number of anilines is 1. The molecule has 0 saturated carbocycles. The summed E-state index contributed by atoms with van der Waals surface area (Å²) >= 11 is 2.16. The van der Waals surface area contributed by atoms with Gasteiger partial charge < -0.3 is 25.0 Å². The van der Waals surface area contributed by atoms with Gasteiger partial charge in [-0.15, -0.1) is 0 Å². The average molecular weight is 696 g/mol. The molecule has 0 aliphatic heterocycles. The standard InChI is InChI=1S/C28H51IN5O5P/c1-4-6-7-8-9-10-11-12-13-14-15-16-17-18-19-38-23(5-2)27-33-25-26(30)31-24(32-28(25)34(27)29)20-22(3)39-21-40(35,36)37/h22-23H,4-21H2,1-3H3,(H2,30,31,32)(H2,35,36,37). The van der Waals surface area contributed by atoms with E-state index in [-0.39, 0.29) is 18.3 Å². The maximum Gasteiger partial charge on any atom is 0.350 e. The van der Waals surface area contributed by atoms with Gasteiger partial charge in [0.05, 0.1) is 29.0 Å². The molecule has 2 atom stereocenters. The van der Waals surface area contributed by atoms with Gasteiger partial charge in [-0.3, -0.25) is 4.57 Å². The minimum Gasteiger partial charge on any atom is -0.382 e. The van der Waals surface area contributed by atoms with Crippen molar-refractivity contribution in [3.8, 4) is 0 Å². The summed E-state index contributed by atoms with van der Waals surface area (Å²) in [6, 6.07) is 0. The fraction of sp³-hybridized carbons (Fsp3) is 0.821. The molecule has 10 nitrogen and oxygen atoms in total. The van der Waals surface area contributed by atoms with Crippen LogP contribution in [0.25, 0.3) is 11.2 Å². The Morgan fingerprint density at radius 1 is 0.875 bits per heavy atom. The summed E-state index contributed by atoms with van der Waals surface area (Å²) in [6.07, 6.45) is 18.4. The molecule has 0 aromatic carbocycles. The van der Waals surface area contributed by atoms with Gasteiger partial charge >= 0.3 is 7.60 Å². The zero-order valence-electron chi connectivity index (χ0n) is 24.7. The molecular weight excluding hydrogens is 644 g/mol. The van der Waals surface area contributed by atoms with Gasteiger partial charge in [0.1, 0.15) is 24.1 Å². The largest absolute Gasteiger partial charge is 0.382 e. The van der Waals surface area contributed by atoms with Crippen molar-refractivity contribution < 1.29 is 23.8 Å². The number of rotatable bonds is 23. The molecule has 0 fully saturated rings. The summed E-state index contributed by atoms with van der Waals surface area (Å²) in [5.74, 6) is 1.46. The maximum atomic E-state index is 11.1. The third-order valence-corrected chi connectivity index (χ3v) is 8.46. The van der Waals surface area contributed by atoms with E-state index in [1.807, 2.05) is 2.78 Å². The predicted molar refractivity (Wildman–Crippen MR) is 170 cm³/mol. The molecule has 0 saturated heterocycles. The lowest BCUT2D eigenvalue weighted by atomic mass is 10.0. The Hall–Kier alpha value is -0.850. The Labute approximate surface area is 254 Å². The molecule has 2 aromatic heterocycles. The van der Waals surface area contributed by atoms with Gasteiger partial charge in [0.15, 0.2) is 17.0 Å². The molecule has 0 amide bonds. The molecule has 2 aromatic rings. The highest BCUT2D eigenvalue weighted by molar-refractivity contribution is 14.1. The van der Waals surface area contributed by atoms with Crippen molar-refractivity contribution in [1.29, 1.82) is 0 Å². The first-order valence-electron chi connectivity index (χ1n) is 15.1. The fourth-order valence-corrected chi connectivity index (χ4v) is 5.95. The third-order valence-electron chi connectivity index (χ3n) is 7.03. The number of hydrogen-bond donors (Lipinski definition) is 3. The number of imidazole rings is 1. The first kappa shape index (κ1) is 35.3. The normalized spacial score (nSPS) is 13.8. The van der Waals surface area contributed by atoms with Gasteiger partial charge in [-0.1, -0.05) is 97.3 Å². The summed E-state index contributed by atoms with van der Waals surface area (Å²) in [7, 11) is -4.24. The zero-order valence-corrected chi connectivity index (χ0v) is 27.7. The van der Waals surface area contributed by atoms with Gasteiger partial charge in [-0.05, 0) is 19.8 Å². The van der Waals surface area contributed by atoms with Crippen LogP contribution in [0.3, 0.4) is 0 Å². The molecule has 2 heterocycles. The van der Waals surface area contributed by atoms with E-state index in [1.54, 1.807) is 6.92 Å². The molecular formula is C28H51IN5O5P. The topological polar surface area (TPSA) is 146 Å². The van der Waals surface area contributed by atoms with Crippen LogP contribution in [-0.2, 0) is 20.5 Å². The number of halogens is 1. The Kier molecular flexibility index (Phi) is 17.1. The molecule has 12 heteroatoms. The number of hydrogen-bond acceptors (Lipinski definition) is 7. The van der Waals surface area contributed by atoms with Crippen LogP contribution in [0.5, 0.6) is 0 Å². The van der Waals surface area contributed by atoms with Crippen molar-refractivity contribution >= 4 is 47.4 Å². The van der Waals surface area contributed by atoms with Crippen LogP contribution >= 0.6 is 30.5 Å². The molecule has 0 radical (unpaired) electrons. The molecule has 0 spiro atoms. The number of ether oxygens (including phenoxy) is 2. The fourth-order valence-electron chi connectivity index (χ4n) is 4.75. The van der Waals surface area contributed by atoms with Crippen molar-refractivity contribution in [2.24, 2.45) is 0 Å². The summed E-state index contributed by atoms with van der Waals surface area (Å²) in [5.41, 5.74) is 7.32. The van der Waals surface area contributed by atoms with Gasteiger partial charge in [0.2, 0.25) is 0 Å². The number of nitrogen functional groups attached to an aromatic ring is 1. The van der Waals surface area contributed by atoms with Crippen molar-refractivity contribution in [1.82, 2.24) is 17.7 Å². The van der Waals surface area contributed by atoms with Gasteiger partial charge in [-0.2, -0.15) is 0 Å². The van der Waals surface area contributed by atoms with Crippen LogP contribution in [0.1, 0.15) is 135 Å². The molecule has 2 unspecified atom stereocenters. The van der Waals surface area contributed by atoms with Crippen LogP contribution < -0.4 is 5.73 Å². The molecule has 4 N–H and O–H groups in total. The molecule has 2 rings (SSSR count). The number of nitrogens with zero attached hydrogens (tertiary/aromatic N) is 4. The highest BCUT2D eigenvalue weighted by Gasteiger charge is 2.23. The van der Waals surface area contributed by atoms with E-state index >= 15 is 0 Å². The molecule has 0 bridgehead atoms. The van der Waals surface area contributed by atoms with Crippen LogP contribution in [0, 0.1) is 0 Å². The Morgan fingerprint density at radius 2 is 1.43 bits per heavy atom. The van der Waals surface area contributed by atoms with Gasteiger partial charge in [0.25, 0.3) is 0 Å². The molecule has 230 valence electrons. The summed E-state index contributed by atoms with van der Waals surface area (Å²) in [6.45, 7) is 6.75. The number of aromatic nitrogens is 4. The highest BCUT2D eigenvalue weighted by Crippen LogP contribution is 2.34. The van der Waals surface area contributed by atoms with Crippen LogP contribution in [0.4, 0.5) is 5.82 Å². The van der Waals surface area contributed by atoms with E-state index in [9.17, 15) is 4.57 Å². The predicted octanol–water partition coefficient (Wildman–Crippen LogP) is 7.64. The summed E-state index contributed by atoms with van der Waals surface area (Å²) < 4.78 is 24.4. The molecule has 0 aliphatic rings.